The van der Waals surface area contributed by atoms with Crippen molar-refractivity contribution in [3.8, 4) is 0 Å². The van der Waals surface area contributed by atoms with Crippen LogP contribution in [0.25, 0.3) is 0 Å². The second-order valence-corrected chi connectivity index (χ2v) is 5.23. The van der Waals surface area contributed by atoms with Crippen molar-refractivity contribution in [2.45, 2.75) is 43.9 Å². The average Bonchev–Trinajstić information content (AvgIpc) is 2.88. The molecule has 0 unspecified atom stereocenters. The van der Waals surface area contributed by atoms with Crippen LogP contribution >= 0.6 is 0 Å². The van der Waals surface area contributed by atoms with Crippen molar-refractivity contribution in [2.24, 2.45) is 0 Å². The zero-order valence-electron chi connectivity index (χ0n) is 10.7. The summed E-state index contributed by atoms with van der Waals surface area (Å²) in [7, 11) is 1.68. The molecular formula is C13H20N2O3. The van der Waals surface area contributed by atoms with Crippen LogP contribution in [0.15, 0.2) is 12.2 Å². The molecule has 0 radical (unpaired) electrons. The second kappa shape index (κ2) is 4.90. The standard InChI is InChI=1S/C13H20N2O3/c1-17-9-11-3-2-8-14(11)13(16)15-10-4-6-12(18-15)7-5-10/h4,6,10-12H,2-3,5,7-9H2,1H3/t10-,11+,12+/m1/s1. The maximum atomic E-state index is 12.5. The second-order valence-electron chi connectivity index (χ2n) is 5.23. The summed E-state index contributed by atoms with van der Waals surface area (Å²) in [6.07, 6.45) is 8.35. The number of rotatable bonds is 2. The molecule has 0 aromatic rings. The number of carbonyl (C=O) groups is 1. The monoisotopic (exact) mass is 252 g/mol. The molecule has 1 aliphatic carbocycles. The van der Waals surface area contributed by atoms with Crippen LogP contribution in [0.1, 0.15) is 25.7 Å². The van der Waals surface area contributed by atoms with E-state index in [4.69, 9.17) is 9.57 Å². The van der Waals surface area contributed by atoms with Gasteiger partial charge in [0, 0.05) is 13.7 Å². The molecule has 5 heteroatoms. The minimum Gasteiger partial charge on any atom is -0.383 e. The molecule has 2 fully saturated rings. The number of methoxy groups -OCH3 is 1. The highest BCUT2D eigenvalue weighted by atomic mass is 16.7. The van der Waals surface area contributed by atoms with Crippen LogP contribution in [-0.2, 0) is 9.57 Å². The summed E-state index contributed by atoms with van der Waals surface area (Å²) < 4.78 is 5.19. The molecule has 3 aliphatic heterocycles. The highest BCUT2D eigenvalue weighted by Crippen LogP contribution is 2.30. The zero-order chi connectivity index (χ0) is 12.5. The normalized spacial score (nSPS) is 34.4. The Morgan fingerprint density at radius 3 is 2.89 bits per heavy atom. The lowest BCUT2D eigenvalue weighted by atomic mass is 9.98. The van der Waals surface area contributed by atoms with Gasteiger partial charge in [-0.05, 0) is 25.7 Å². The van der Waals surface area contributed by atoms with E-state index in [1.807, 2.05) is 4.90 Å². The first-order valence-electron chi connectivity index (χ1n) is 6.73. The lowest BCUT2D eigenvalue weighted by molar-refractivity contribution is -0.201. The summed E-state index contributed by atoms with van der Waals surface area (Å²) >= 11 is 0. The third kappa shape index (κ3) is 2.01. The lowest BCUT2D eigenvalue weighted by Gasteiger charge is -2.42. The van der Waals surface area contributed by atoms with Gasteiger partial charge in [0.15, 0.2) is 0 Å². The van der Waals surface area contributed by atoms with Crippen LogP contribution in [0.5, 0.6) is 0 Å². The smallest absolute Gasteiger partial charge is 0.344 e. The van der Waals surface area contributed by atoms with Gasteiger partial charge in [0.25, 0.3) is 0 Å². The molecule has 5 nitrogen and oxygen atoms in total. The van der Waals surface area contributed by atoms with E-state index in [2.05, 4.69) is 12.2 Å². The molecule has 0 aromatic heterocycles. The predicted molar refractivity (Wildman–Crippen MR) is 65.9 cm³/mol. The molecule has 0 saturated carbocycles. The van der Waals surface area contributed by atoms with Crippen LogP contribution in [0, 0.1) is 0 Å². The van der Waals surface area contributed by atoms with E-state index >= 15 is 0 Å². The highest BCUT2D eigenvalue weighted by molar-refractivity contribution is 5.75. The largest absolute Gasteiger partial charge is 0.383 e. The number of hydrogen-bond acceptors (Lipinski definition) is 3. The molecule has 4 rings (SSSR count). The van der Waals surface area contributed by atoms with Gasteiger partial charge < -0.3 is 9.64 Å². The van der Waals surface area contributed by atoms with Gasteiger partial charge >= 0.3 is 6.03 Å². The fourth-order valence-corrected chi connectivity index (χ4v) is 3.05. The number of fused-ring (bicyclic) bond motifs is 2. The van der Waals surface area contributed by atoms with Crippen molar-refractivity contribution >= 4 is 6.03 Å². The minimum atomic E-state index is 0.00796. The van der Waals surface area contributed by atoms with Crippen molar-refractivity contribution in [2.75, 3.05) is 20.3 Å². The van der Waals surface area contributed by atoms with Gasteiger partial charge in [-0.1, -0.05) is 12.2 Å². The van der Waals surface area contributed by atoms with Crippen LogP contribution in [0.2, 0.25) is 0 Å². The number of amides is 2. The van der Waals surface area contributed by atoms with Crippen LogP contribution in [0.4, 0.5) is 4.79 Å². The van der Waals surface area contributed by atoms with Gasteiger partial charge in [-0.15, -0.1) is 0 Å². The van der Waals surface area contributed by atoms with Crippen molar-refractivity contribution < 1.29 is 14.4 Å². The number of carbonyl (C=O) groups excluding carboxylic acids is 1. The van der Waals surface area contributed by atoms with Gasteiger partial charge in [-0.25, -0.2) is 4.79 Å². The van der Waals surface area contributed by atoms with Crippen LogP contribution in [0.3, 0.4) is 0 Å². The van der Waals surface area contributed by atoms with Crippen molar-refractivity contribution in [3.63, 3.8) is 0 Å². The molecule has 2 amide bonds. The Morgan fingerprint density at radius 1 is 1.39 bits per heavy atom. The molecule has 4 aliphatic rings. The predicted octanol–water partition coefficient (Wildman–Crippen LogP) is 1.55. The van der Waals surface area contributed by atoms with Crippen molar-refractivity contribution in [1.29, 1.82) is 0 Å². The Labute approximate surface area is 107 Å². The summed E-state index contributed by atoms with van der Waals surface area (Å²) in [5, 5.41) is 1.57. The first kappa shape index (κ1) is 12.0. The molecule has 0 aromatic carbocycles. The summed E-state index contributed by atoms with van der Waals surface area (Å²) in [5.41, 5.74) is 0. The Bertz CT molecular complexity index is 358. The zero-order valence-corrected chi connectivity index (χ0v) is 10.7. The maximum Gasteiger partial charge on any atom is 0.344 e. The molecule has 2 bridgehead atoms. The third-order valence-electron chi connectivity index (χ3n) is 4.02. The number of hydroxylamine groups is 2. The topological polar surface area (TPSA) is 42.0 Å². The van der Waals surface area contributed by atoms with Gasteiger partial charge in [-0.3, -0.25) is 4.84 Å². The molecule has 2 saturated heterocycles. The Kier molecular flexibility index (Phi) is 3.26. The molecule has 100 valence electrons. The summed E-state index contributed by atoms with van der Waals surface area (Å²) in [4.78, 5) is 20.1. The van der Waals surface area contributed by atoms with E-state index in [9.17, 15) is 4.79 Å². The number of ether oxygens (including phenoxy) is 1. The van der Waals surface area contributed by atoms with E-state index in [0.29, 0.717) is 6.61 Å². The van der Waals surface area contributed by atoms with Gasteiger partial charge in [0.1, 0.15) is 6.10 Å². The minimum absolute atomic E-state index is 0.00796. The first-order chi connectivity index (χ1) is 8.79. The van der Waals surface area contributed by atoms with Crippen molar-refractivity contribution in [3.05, 3.63) is 12.2 Å². The van der Waals surface area contributed by atoms with E-state index < -0.39 is 0 Å². The SMILES string of the molecule is COC[C@@H]1CCCN1C(=O)N1O[C@H]2C=C[C@@H]1CC2. The van der Waals surface area contributed by atoms with Crippen molar-refractivity contribution in [1.82, 2.24) is 9.96 Å². The number of likely N-dealkylation sites (tertiary alicyclic amines) is 1. The third-order valence-corrected chi connectivity index (χ3v) is 4.02. The number of nitrogens with zero attached hydrogens (tertiary/aromatic N) is 2. The van der Waals surface area contributed by atoms with E-state index in [1.165, 1.54) is 0 Å². The molecule has 3 atom stereocenters. The Morgan fingerprint density at radius 2 is 2.28 bits per heavy atom. The molecular weight excluding hydrogens is 232 g/mol. The molecule has 18 heavy (non-hydrogen) atoms. The Balaban J connectivity index is 1.69. The maximum absolute atomic E-state index is 12.5. The lowest BCUT2D eigenvalue weighted by Crippen LogP contribution is -2.54. The summed E-state index contributed by atoms with van der Waals surface area (Å²) in [5.74, 6) is 0. The summed E-state index contributed by atoms with van der Waals surface area (Å²) in [6.45, 7) is 1.43. The molecule has 0 spiro atoms. The van der Waals surface area contributed by atoms with Crippen LogP contribution < -0.4 is 0 Å². The van der Waals surface area contributed by atoms with E-state index in [0.717, 1.165) is 32.2 Å². The fraction of sp³-hybridized carbons (Fsp3) is 0.769. The van der Waals surface area contributed by atoms with Gasteiger partial charge in [0.2, 0.25) is 0 Å². The van der Waals surface area contributed by atoms with E-state index in [-0.39, 0.29) is 24.2 Å². The average molecular weight is 252 g/mol. The quantitative estimate of drug-likeness (QED) is 0.700. The van der Waals surface area contributed by atoms with E-state index in [1.54, 1.807) is 12.2 Å². The van der Waals surface area contributed by atoms with Gasteiger partial charge in [0.05, 0.1) is 18.7 Å². The van der Waals surface area contributed by atoms with Crippen LogP contribution in [-0.4, -0.2) is 54.4 Å². The fourth-order valence-electron chi connectivity index (χ4n) is 3.05. The Hall–Kier alpha value is -1.07. The molecule has 0 N–H and O–H groups in total. The highest BCUT2D eigenvalue weighted by Gasteiger charge is 2.39. The molecule has 3 heterocycles. The summed E-state index contributed by atoms with van der Waals surface area (Å²) in [6, 6.07) is 0.329. The number of hydrogen-bond donors (Lipinski definition) is 0. The first-order valence-corrected chi connectivity index (χ1v) is 6.73. The van der Waals surface area contributed by atoms with Gasteiger partial charge in [-0.2, -0.15) is 5.06 Å². The number of urea groups is 1.